The van der Waals surface area contributed by atoms with Crippen LogP contribution in [0.2, 0.25) is 0 Å². The molecule has 6 aromatic carbocycles. The number of nitrogens with zero attached hydrogens (tertiary/aromatic N) is 10. The lowest BCUT2D eigenvalue weighted by Gasteiger charge is -2.30. The van der Waals surface area contributed by atoms with E-state index in [4.69, 9.17) is 0 Å². The number of hydrogen-bond donors (Lipinski definition) is 2. The van der Waals surface area contributed by atoms with Gasteiger partial charge in [0.15, 0.2) is 0 Å². The zero-order chi connectivity index (χ0) is 47.9. The lowest BCUT2D eigenvalue weighted by atomic mass is 10.00. The van der Waals surface area contributed by atoms with E-state index in [2.05, 4.69) is 80.4 Å². The highest BCUT2D eigenvalue weighted by molar-refractivity contribution is 5.79. The van der Waals surface area contributed by atoms with Crippen LogP contribution < -0.4 is 11.4 Å². The predicted molar refractivity (Wildman–Crippen MR) is 275 cm³/mol. The Morgan fingerprint density at radius 2 is 0.829 bits per heavy atom. The number of imidazole rings is 4. The fourth-order valence-corrected chi connectivity index (χ4v) is 10.7. The summed E-state index contributed by atoms with van der Waals surface area (Å²) in [5.74, 6) is 0. The molecule has 14 nitrogen and oxygen atoms in total. The van der Waals surface area contributed by atoms with E-state index in [9.17, 15) is 19.8 Å². The van der Waals surface area contributed by atoms with Crippen molar-refractivity contribution >= 4 is 44.1 Å². The summed E-state index contributed by atoms with van der Waals surface area (Å²) < 4.78 is 11.0. The number of para-hydroxylation sites is 4. The maximum absolute atomic E-state index is 13.5. The van der Waals surface area contributed by atoms with Crippen molar-refractivity contribution in [2.75, 3.05) is 26.2 Å². The molecule has 356 valence electrons. The zero-order valence-corrected chi connectivity index (χ0v) is 39.7. The van der Waals surface area contributed by atoms with Gasteiger partial charge in [0.2, 0.25) is 0 Å². The van der Waals surface area contributed by atoms with Crippen LogP contribution in [0.1, 0.15) is 33.4 Å². The second-order valence-corrected chi connectivity index (χ2v) is 19.1. The maximum Gasteiger partial charge on any atom is 0.329 e. The molecule has 2 unspecified atom stereocenters. The average Bonchev–Trinajstić information content (AvgIpc) is 4.09. The van der Waals surface area contributed by atoms with Gasteiger partial charge in [0, 0.05) is 53.4 Å². The smallest absolute Gasteiger partial charge is 0.329 e. The van der Waals surface area contributed by atoms with Gasteiger partial charge < -0.3 is 19.3 Å². The standard InChI is InChI=1S/2C28H29N5O2/c2*1-30-19-29-24-11-10-20(14-27(24)30)15-32-25-8-4-5-9-26(25)33(28(32)35)18-23(34)17-31-13-12-21-6-2-3-7-22(21)16-31/h2*2-11,14,19,23,34H,12-13,15-18H2,1H3. The Hall–Kier alpha value is -7.36. The van der Waals surface area contributed by atoms with Crippen LogP contribution in [0.4, 0.5) is 0 Å². The van der Waals surface area contributed by atoms with Gasteiger partial charge >= 0.3 is 11.4 Å². The molecule has 0 fully saturated rings. The van der Waals surface area contributed by atoms with Gasteiger partial charge in [-0.3, -0.25) is 28.1 Å². The second kappa shape index (κ2) is 19.2. The minimum Gasteiger partial charge on any atom is -0.390 e. The van der Waals surface area contributed by atoms with Crippen LogP contribution >= 0.6 is 0 Å². The minimum atomic E-state index is -0.636. The van der Waals surface area contributed by atoms with E-state index >= 15 is 0 Å². The Morgan fingerprint density at radius 3 is 1.24 bits per heavy atom. The van der Waals surface area contributed by atoms with Crippen molar-refractivity contribution < 1.29 is 10.2 Å². The summed E-state index contributed by atoms with van der Waals surface area (Å²) in [5.41, 5.74) is 14.7. The summed E-state index contributed by atoms with van der Waals surface area (Å²) in [6.07, 6.45) is 4.31. The fraction of sp³-hybridized carbons (Fsp3) is 0.286. The van der Waals surface area contributed by atoms with Crippen LogP contribution in [-0.4, -0.2) is 95.8 Å². The van der Waals surface area contributed by atoms with E-state index in [1.807, 2.05) is 96.0 Å². The van der Waals surface area contributed by atoms with Gasteiger partial charge in [0.05, 0.1) is 95.2 Å². The van der Waals surface area contributed by atoms with E-state index in [0.717, 1.165) is 94.3 Å². The highest BCUT2D eigenvalue weighted by atomic mass is 16.3. The lowest BCUT2D eigenvalue weighted by Crippen LogP contribution is -2.39. The molecule has 0 saturated carbocycles. The van der Waals surface area contributed by atoms with Gasteiger partial charge in [-0.1, -0.05) is 84.9 Å². The molecular formula is C56H58N10O4. The first-order valence-corrected chi connectivity index (χ1v) is 24.2. The van der Waals surface area contributed by atoms with Crippen LogP contribution in [0.3, 0.4) is 0 Å². The first-order valence-electron chi connectivity index (χ1n) is 24.2. The summed E-state index contributed by atoms with van der Waals surface area (Å²) in [4.78, 5) is 40.4. The normalized spacial score (nSPS) is 15.0. The quantitative estimate of drug-likeness (QED) is 0.146. The number of aromatic nitrogens is 8. The first-order chi connectivity index (χ1) is 34.1. The number of aliphatic hydroxyl groups excluding tert-OH is 2. The third kappa shape index (κ3) is 9.02. The molecule has 2 N–H and O–H groups in total. The van der Waals surface area contributed by atoms with E-state index in [1.54, 1.807) is 30.9 Å². The number of benzene rings is 6. The Bertz CT molecular complexity index is 3390. The first kappa shape index (κ1) is 45.1. The van der Waals surface area contributed by atoms with Crippen molar-refractivity contribution in [2.45, 2.75) is 64.3 Å². The molecule has 14 heteroatoms. The Kier molecular flexibility index (Phi) is 12.4. The summed E-state index contributed by atoms with van der Waals surface area (Å²) in [6.45, 7) is 6.05. The molecule has 0 amide bonds. The van der Waals surface area contributed by atoms with E-state index in [1.165, 1.54) is 22.3 Å². The third-order valence-electron chi connectivity index (χ3n) is 14.3. The van der Waals surface area contributed by atoms with Gasteiger partial charge in [-0.15, -0.1) is 0 Å². The highest BCUT2D eigenvalue weighted by Gasteiger charge is 2.23. The fourth-order valence-electron chi connectivity index (χ4n) is 10.7. The van der Waals surface area contributed by atoms with Crippen molar-refractivity contribution in [1.82, 2.24) is 47.2 Å². The van der Waals surface area contributed by atoms with Crippen molar-refractivity contribution in [2.24, 2.45) is 14.1 Å². The molecule has 2 aliphatic heterocycles. The third-order valence-corrected chi connectivity index (χ3v) is 14.3. The van der Waals surface area contributed by atoms with E-state index in [-0.39, 0.29) is 24.5 Å². The van der Waals surface area contributed by atoms with Crippen LogP contribution in [-0.2, 0) is 66.2 Å². The SMILES string of the molecule is Cn1cnc2ccc(Cn3c(=O)n(CC(O)CN4CCc5ccccc5C4)c4ccccc43)cc21.Cn1cnc2ccc(Cn3c(=O)n(CC(O)CN4CCc5ccccc5C4)c4ccccc43)cc21. The second-order valence-electron chi connectivity index (χ2n) is 19.1. The van der Waals surface area contributed by atoms with Crippen molar-refractivity contribution in [3.63, 3.8) is 0 Å². The molecular weight excluding hydrogens is 877 g/mol. The molecule has 0 radical (unpaired) electrons. The van der Waals surface area contributed by atoms with Crippen molar-refractivity contribution in [3.05, 3.63) is 200 Å². The summed E-state index contributed by atoms with van der Waals surface area (Å²) in [7, 11) is 3.94. The van der Waals surface area contributed by atoms with Crippen LogP contribution in [0.25, 0.3) is 44.1 Å². The lowest BCUT2D eigenvalue weighted by molar-refractivity contribution is 0.0915. The molecule has 70 heavy (non-hydrogen) atoms. The Morgan fingerprint density at radius 1 is 0.457 bits per heavy atom. The largest absolute Gasteiger partial charge is 0.390 e. The van der Waals surface area contributed by atoms with Gasteiger partial charge in [-0.05, 0) is 94.8 Å². The van der Waals surface area contributed by atoms with Gasteiger partial charge in [-0.2, -0.15) is 0 Å². The molecule has 2 aliphatic rings. The van der Waals surface area contributed by atoms with Gasteiger partial charge in [-0.25, -0.2) is 19.6 Å². The molecule has 0 bridgehead atoms. The van der Waals surface area contributed by atoms with Crippen LogP contribution in [0.15, 0.2) is 156 Å². The van der Waals surface area contributed by atoms with Gasteiger partial charge in [0.25, 0.3) is 0 Å². The number of fused-ring (bicyclic) bond motifs is 6. The molecule has 4 aromatic heterocycles. The molecule has 2 atom stereocenters. The number of aliphatic hydroxyl groups is 2. The van der Waals surface area contributed by atoms with Crippen LogP contribution in [0, 0.1) is 0 Å². The molecule has 0 saturated heterocycles. The predicted octanol–water partition coefficient (Wildman–Crippen LogP) is 6.31. The zero-order valence-electron chi connectivity index (χ0n) is 39.7. The summed E-state index contributed by atoms with van der Waals surface area (Å²) >= 11 is 0. The molecule has 0 spiro atoms. The topological polar surface area (TPSA) is 136 Å². The van der Waals surface area contributed by atoms with Crippen LogP contribution in [0.5, 0.6) is 0 Å². The number of aryl methyl sites for hydroxylation is 2. The molecule has 12 rings (SSSR count). The monoisotopic (exact) mass is 934 g/mol. The van der Waals surface area contributed by atoms with Gasteiger partial charge in [0.1, 0.15) is 0 Å². The summed E-state index contributed by atoms with van der Waals surface area (Å²) in [5, 5.41) is 22.0. The Labute approximate surface area is 405 Å². The molecule has 6 heterocycles. The molecule has 0 aliphatic carbocycles. The highest BCUT2D eigenvalue weighted by Crippen LogP contribution is 2.23. The number of β-amino-alcohol motifs (C(OH)–C–C–N with tert-alkyl or cyclic N) is 2. The number of rotatable bonds is 12. The maximum atomic E-state index is 13.5. The van der Waals surface area contributed by atoms with E-state index in [0.29, 0.717) is 26.2 Å². The summed E-state index contributed by atoms with van der Waals surface area (Å²) in [6, 6.07) is 44.9. The van der Waals surface area contributed by atoms with Crippen molar-refractivity contribution in [1.29, 1.82) is 0 Å². The van der Waals surface area contributed by atoms with Crippen molar-refractivity contribution in [3.8, 4) is 0 Å². The molecule has 10 aromatic rings. The van der Waals surface area contributed by atoms with E-state index < -0.39 is 12.2 Å². The minimum absolute atomic E-state index is 0.0978. The average molecular weight is 935 g/mol. The number of hydrogen-bond acceptors (Lipinski definition) is 8. The Balaban J connectivity index is 0.000000152.